The summed E-state index contributed by atoms with van der Waals surface area (Å²) in [5, 5.41) is 5.61. The van der Waals surface area contributed by atoms with Crippen molar-refractivity contribution in [2.45, 2.75) is 55.7 Å². The minimum atomic E-state index is -4.68. The number of hydrogen-bond acceptors (Lipinski definition) is 9. The normalized spacial score (nSPS) is 22.1. The Hall–Kier alpha value is -3.20. The van der Waals surface area contributed by atoms with E-state index in [9.17, 15) is 27.7 Å². The number of hydrogen-bond donors (Lipinski definition) is 4. The van der Waals surface area contributed by atoms with E-state index in [1.165, 1.54) is 24.3 Å². The highest BCUT2D eigenvalue weighted by atomic mass is 35.5. The molecule has 5 rings (SSSR count). The van der Waals surface area contributed by atoms with E-state index in [1.54, 1.807) is 0 Å². The molecular formula is C28H31Cl2F2N2O11P. The van der Waals surface area contributed by atoms with Gasteiger partial charge in [0.2, 0.25) is 0 Å². The Labute approximate surface area is 272 Å². The molecule has 3 saturated carbocycles. The molecule has 0 aromatic heterocycles. The first-order chi connectivity index (χ1) is 21.7. The lowest BCUT2D eigenvalue weighted by Gasteiger charge is -2.56. The fourth-order valence-corrected chi connectivity index (χ4v) is 6.01. The molecule has 4 N–H and O–H groups in total. The maximum Gasteiger partial charge on any atom is 0.508 e. The number of halogens is 4. The van der Waals surface area contributed by atoms with Crippen LogP contribution in [0.5, 0.6) is 11.5 Å². The number of nitrogens with one attached hydrogen (secondary N) is 2. The number of benzene rings is 2. The van der Waals surface area contributed by atoms with Crippen LogP contribution in [0.25, 0.3) is 0 Å². The van der Waals surface area contributed by atoms with Crippen molar-refractivity contribution in [1.82, 2.24) is 10.6 Å². The van der Waals surface area contributed by atoms with Crippen LogP contribution in [0.1, 0.15) is 38.5 Å². The highest BCUT2D eigenvalue weighted by Gasteiger charge is 2.57. The summed E-state index contributed by atoms with van der Waals surface area (Å²) < 4.78 is 64.1. The van der Waals surface area contributed by atoms with E-state index in [0.29, 0.717) is 12.8 Å². The molecule has 2 aromatic rings. The monoisotopic (exact) mass is 710 g/mol. The number of amides is 2. The van der Waals surface area contributed by atoms with Crippen molar-refractivity contribution in [2.24, 2.45) is 0 Å². The number of rotatable bonds is 14. The van der Waals surface area contributed by atoms with Gasteiger partial charge in [-0.05, 0) is 49.9 Å². The first kappa shape index (κ1) is 35.7. The lowest BCUT2D eigenvalue weighted by atomic mass is 9.59. The van der Waals surface area contributed by atoms with Crippen LogP contribution in [0.3, 0.4) is 0 Å². The number of carbonyl (C=O) groups is 3. The standard InChI is InChI=1S/C28H31Cl2F2N2O11P/c29-19-4-2-17(12-21(19)31)42-15-24(35)33-27-6-8-28(9-7-27,34-25(36)16-43-18-3-5-20(30)22(32)13-18)23(14-27)45-26(37)41-10-1-11-44-46(38,39)40/h2-5,12-13,23H,1,6-11,14-16H2,(H,33,35)(H,34,36)(H2,38,39,40). The molecule has 0 radical (unpaired) electrons. The lowest BCUT2D eigenvalue weighted by molar-refractivity contribution is -0.139. The molecule has 13 nitrogen and oxygen atoms in total. The molecule has 18 heteroatoms. The van der Waals surface area contributed by atoms with Crippen LogP contribution >= 0.6 is 31.0 Å². The summed E-state index contributed by atoms with van der Waals surface area (Å²) in [7, 11) is -4.68. The lowest BCUT2D eigenvalue weighted by Crippen LogP contribution is -2.71. The van der Waals surface area contributed by atoms with Crippen LogP contribution in [0.4, 0.5) is 13.6 Å². The van der Waals surface area contributed by atoms with Crippen LogP contribution < -0.4 is 20.1 Å². The summed E-state index contributed by atoms with van der Waals surface area (Å²) in [5.41, 5.74) is -1.89. The van der Waals surface area contributed by atoms with Crippen molar-refractivity contribution in [3.05, 3.63) is 58.1 Å². The van der Waals surface area contributed by atoms with E-state index in [4.69, 9.17) is 51.9 Å². The third kappa shape index (κ3) is 9.90. The second-order valence-corrected chi connectivity index (χ2v) is 12.9. The van der Waals surface area contributed by atoms with Crippen LogP contribution in [0.15, 0.2) is 36.4 Å². The number of carbonyl (C=O) groups excluding carboxylic acids is 3. The molecule has 3 aliphatic rings. The first-order valence-electron chi connectivity index (χ1n) is 14.0. The molecule has 0 spiro atoms. The average Bonchev–Trinajstić information content (AvgIpc) is 2.98. The molecule has 1 atom stereocenters. The van der Waals surface area contributed by atoms with Gasteiger partial charge in [0.15, 0.2) is 13.2 Å². The van der Waals surface area contributed by atoms with E-state index in [2.05, 4.69) is 15.2 Å². The van der Waals surface area contributed by atoms with Crippen molar-refractivity contribution in [3.63, 3.8) is 0 Å². The summed E-state index contributed by atoms with van der Waals surface area (Å²) in [6.45, 7) is -1.57. The average molecular weight is 711 g/mol. The van der Waals surface area contributed by atoms with Gasteiger partial charge in [0.1, 0.15) is 29.2 Å². The molecule has 2 aromatic carbocycles. The number of ether oxygens (including phenoxy) is 4. The van der Waals surface area contributed by atoms with E-state index in [-0.39, 0.29) is 60.4 Å². The molecule has 46 heavy (non-hydrogen) atoms. The molecule has 0 saturated heterocycles. The highest BCUT2D eigenvalue weighted by Crippen LogP contribution is 2.48. The van der Waals surface area contributed by atoms with Crippen molar-refractivity contribution in [3.8, 4) is 11.5 Å². The highest BCUT2D eigenvalue weighted by molar-refractivity contribution is 7.46. The third-order valence-corrected chi connectivity index (χ3v) is 8.75. The Kier molecular flexibility index (Phi) is 11.7. The van der Waals surface area contributed by atoms with Crippen molar-refractivity contribution >= 4 is 49.0 Å². The van der Waals surface area contributed by atoms with E-state index < -0.39 is 67.8 Å². The summed E-state index contributed by atoms with van der Waals surface area (Å²) in [4.78, 5) is 56.0. The molecule has 252 valence electrons. The Morgan fingerprint density at radius 1 is 0.870 bits per heavy atom. The van der Waals surface area contributed by atoms with Gasteiger partial charge in [-0.1, -0.05) is 23.2 Å². The molecular weight excluding hydrogens is 680 g/mol. The van der Waals surface area contributed by atoms with Crippen molar-refractivity contribution < 1.29 is 61.0 Å². The van der Waals surface area contributed by atoms with Crippen LogP contribution in [-0.2, 0) is 28.2 Å². The zero-order chi connectivity index (χ0) is 33.5. The first-order valence-corrected chi connectivity index (χ1v) is 16.3. The minimum Gasteiger partial charge on any atom is -0.484 e. The minimum absolute atomic E-state index is 0.0348. The van der Waals surface area contributed by atoms with E-state index in [1.807, 2.05) is 0 Å². The number of fused-ring (bicyclic) bond motifs is 3. The van der Waals surface area contributed by atoms with Gasteiger partial charge in [-0.2, -0.15) is 0 Å². The maximum atomic E-state index is 13.8. The van der Waals surface area contributed by atoms with Crippen molar-refractivity contribution in [1.29, 1.82) is 0 Å². The van der Waals surface area contributed by atoms with Gasteiger partial charge in [-0.15, -0.1) is 0 Å². The maximum absolute atomic E-state index is 13.8. The fourth-order valence-electron chi connectivity index (χ4n) is 5.41. The van der Waals surface area contributed by atoms with Gasteiger partial charge in [-0.3, -0.25) is 14.1 Å². The SMILES string of the molecule is O=C(COc1ccc(Cl)c(F)c1)NC12CCC(NC(=O)COc3ccc(Cl)c(F)c3)(CC1)C(OC(=O)OCCCOP(=O)(O)O)C2. The molecule has 2 bridgehead atoms. The predicted molar refractivity (Wildman–Crippen MR) is 157 cm³/mol. The topological polar surface area (TPSA) is 179 Å². The van der Waals surface area contributed by atoms with Gasteiger partial charge in [0.25, 0.3) is 11.8 Å². The Balaban J connectivity index is 1.39. The van der Waals surface area contributed by atoms with E-state index >= 15 is 0 Å². The Morgan fingerprint density at radius 2 is 1.41 bits per heavy atom. The van der Waals surface area contributed by atoms with Gasteiger partial charge in [0.05, 0.1) is 28.8 Å². The Morgan fingerprint density at radius 3 is 1.93 bits per heavy atom. The fraction of sp³-hybridized carbons (Fsp3) is 0.464. The van der Waals surface area contributed by atoms with Crippen LogP contribution in [0.2, 0.25) is 10.0 Å². The molecule has 3 aliphatic carbocycles. The summed E-state index contributed by atoms with van der Waals surface area (Å²) >= 11 is 11.4. The van der Waals surface area contributed by atoms with Gasteiger partial charge < -0.3 is 39.4 Å². The second-order valence-electron chi connectivity index (χ2n) is 10.8. The quantitative estimate of drug-likeness (QED) is 0.124. The largest absolute Gasteiger partial charge is 0.508 e. The number of phosphoric ester groups is 1. The number of phosphoric acid groups is 1. The summed E-state index contributed by atoms with van der Waals surface area (Å²) in [6.07, 6.45) is -0.667. The van der Waals surface area contributed by atoms with Crippen LogP contribution in [-0.4, -0.2) is 71.4 Å². The third-order valence-electron chi connectivity index (χ3n) is 7.61. The predicted octanol–water partition coefficient (Wildman–Crippen LogP) is 4.44. The van der Waals surface area contributed by atoms with Gasteiger partial charge >= 0.3 is 14.0 Å². The smallest absolute Gasteiger partial charge is 0.484 e. The molecule has 1 unspecified atom stereocenters. The summed E-state index contributed by atoms with van der Waals surface area (Å²) in [5.74, 6) is -2.34. The van der Waals surface area contributed by atoms with Crippen LogP contribution in [0, 0.1) is 11.6 Å². The molecule has 3 fully saturated rings. The molecule has 2 amide bonds. The molecule has 0 heterocycles. The molecule has 0 aliphatic heterocycles. The van der Waals surface area contributed by atoms with Gasteiger partial charge in [-0.25, -0.2) is 18.1 Å². The zero-order valence-electron chi connectivity index (χ0n) is 24.1. The van der Waals surface area contributed by atoms with Gasteiger partial charge in [0, 0.05) is 30.5 Å². The second kappa shape index (κ2) is 15.1. The van der Waals surface area contributed by atoms with Crippen molar-refractivity contribution in [2.75, 3.05) is 26.4 Å². The van der Waals surface area contributed by atoms with E-state index in [0.717, 1.165) is 12.1 Å². The Bertz CT molecular complexity index is 1490. The summed E-state index contributed by atoms with van der Waals surface area (Å²) in [6, 6.07) is 7.47. The zero-order valence-corrected chi connectivity index (χ0v) is 26.5.